The molecule has 1 aliphatic heterocycles. The van der Waals surface area contributed by atoms with E-state index in [1.54, 1.807) is 30.3 Å². The van der Waals surface area contributed by atoms with Crippen LogP contribution in [0.3, 0.4) is 0 Å². The average Bonchev–Trinajstić information content (AvgIpc) is 3.46. The molecular formula is C30H28N2O5. The third-order valence-corrected chi connectivity index (χ3v) is 6.41. The normalized spacial score (nSPS) is 15.5. The van der Waals surface area contributed by atoms with Gasteiger partial charge in [0.25, 0.3) is 5.91 Å². The largest absolute Gasteiger partial charge is 0.503 e. The van der Waals surface area contributed by atoms with Crippen LogP contribution in [-0.2, 0) is 4.79 Å². The lowest BCUT2D eigenvalue weighted by atomic mass is 9.94. The molecular weight excluding hydrogens is 468 g/mol. The van der Waals surface area contributed by atoms with E-state index in [-0.39, 0.29) is 11.3 Å². The second-order valence-corrected chi connectivity index (χ2v) is 9.12. The lowest BCUT2D eigenvalue weighted by molar-refractivity contribution is -0.117. The topological polar surface area (TPSA) is 83.2 Å². The van der Waals surface area contributed by atoms with Crippen LogP contribution in [0.1, 0.15) is 35.5 Å². The maximum atomic E-state index is 13.8. The minimum Gasteiger partial charge on any atom is -0.503 e. The van der Waals surface area contributed by atoms with Gasteiger partial charge in [-0.05, 0) is 48.4 Å². The van der Waals surface area contributed by atoms with Gasteiger partial charge < -0.3 is 19.2 Å². The zero-order chi connectivity index (χ0) is 26.1. The molecule has 7 nitrogen and oxygen atoms in total. The quantitative estimate of drug-likeness (QED) is 0.298. The second-order valence-electron chi connectivity index (χ2n) is 9.12. The van der Waals surface area contributed by atoms with Gasteiger partial charge in [-0.25, -0.2) is 0 Å². The highest BCUT2D eigenvalue weighted by atomic mass is 16.5. The SMILES string of the molecule is CCCOc1ccccc1N1C(=O)C(O)=C(C(=O)c2cc3ccccc3o2)C1c1ccc(N(C)C)cc1. The van der Waals surface area contributed by atoms with Gasteiger partial charge in [0.1, 0.15) is 11.3 Å². The van der Waals surface area contributed by atoms with Gasteiger partial charge in [0.15, 0.2) is 11.5 Å². The second kappa shape index (κ2) is 9.85. The minimum atomic E-state index is -0.879. The van der Waals surface area contributed by atoms with E-state index in [9.17, 15) is 14.7 Å². The molecule has 188 valence electrons. The molecule has 0 aliphatic carbocycles. The number of carbonyl (C=O) groups excluding carboxylic acids is 2. The van der Waals surface area contributed by atoms with Gasteiger partial charge in [-0.15, -0.1) is 0 Å². The van der Waals surface area contributed by atoms with E-state index in [1.165, 1.54) is 4.90 Å². The van der Waals surface area contributed by atoms with Crippen molar-refractivity contribution in [1.82, 2.24) is 0 Å². The van der Waals surface area contributed by atoms with Gasteiger partial charge in [0.2, 0.25) is 5.78 Å². The van der Waals surface area contributed by atoms with Gasteiger partial charge in [0.05, 0.1) is 23.9 Å². The molecule has 1 N–H and O–H groups in total. The van der Waals surface area contributed by atoms with Crippen LogP contribution in [0.25, 0.3) is 11.0 Å². The van der Waals surface area contributed by atoms with Crippen molar-refractivity contribution < 1.29 is 23.8 Å². The monoisotopic (exact) mass is 496 g/mol. The molecule has 2 heterocycles. The van der Waals surface area contributed by atoms with Gasteiger partial charge in [-0.2, -0.15) is 0 Å². The summed E-state index contributed by atoms with van der Waals surface area (Å²) in [6.45, 7) is 2.46. The van der Waals surface area contributed by atoms with E-state index in [1.807, 2.05) is 74.4 Å². The molecule has 0 fully saturated rings. The number of benzene rings is 3. The van der Waals surface area contributed by atoms with Gasteiger partial charge in [0, 0.05) is 25.2 Å². The van der Waals surface area contributed by atoms with Crippen LogP contribution >= 0.6 is 0 Å². The fourth-order valence-corrected chi connectivity index (χ4v) is 4.57. The van der Waals surface area contributed by atoms with E-state index in [4.69, 9.17) is 9.15 Å². The summed E-state index contributed by atoms with van der Waals surface area (Å²) < 4.78 is 11.8. The zero-order valence-corrected chi connectivity index (χ0v) is 21.0. The van der Waals surface area contributed by atoms with Crippen molar-refractivity contribution in [3.8, 4) is 5.75 Å². The highest BCUT2D eigenvalue weighted by Crippen LogP contribution is 2.45. The summed E-state index contributed by atoms with van der Waals surface area (Å²) in [6, 6.07) is 22.7. The highest BCUT2D eigenvalue weighted by molar-refractivity contribution is 6.21. The smallest absolute Gasteiger partial charge is 0.294 e. The van der Waals surface area contributed by atoms with E-state index in [2.05, 4.69) is 0 Å². The molecule has 3 aromatic carbocycles. The highest BCUT2D eigenvalue weighted by Gasteiger charge is 2.46. The lowest BCUT2D eigenvalue weighted by Crippen LogP contribution is -2.31. The van der Waals surface area contributed by atoms with Crippen LogP contribution in [0, 0.1) is 0 Å². The summed E-state index contributed by atoms with van der Waals surface area (Å²) >= 11 is 0. The maximum absolute atomic E-state index is 13.8. The fourth-order valence-electron chi connectivity index (χ4n) is 4.57. The molecule has 1 aliphatic rings. The van der Waals surface area contributed by atoms with Crippen molar-refractivity contribution in [3.05, 3.63) is 102 Å². The van der Waals surface area contributed by atoms with Crippen LogP contribution in [0.2, 0.25) is 0 Å². The number of anilines is 2. The first-order valence-electron chi connectivity index (χ1n) is 12.2. The number of ketones is 1. The average molecular weight is 497 g/mol. The van der Waals surface area contributed by atoms with Gasteiger partial charge >= 0.3 is 0 Å². The number of amides is 1. The number of ether oxygens (including phenoxy) is 1. The Morgan fingerprint density at radius 1 is 1.03 bits per heavy atom. The Morgan fingerprint density at radius 3 is 2.43 bits per heavy atom. The van der Waals surface area contributed by atoms with Crippen molar-refractivity contribution in [2.45, 2.75) is 19.4 Å². The third kappa shape index (κ3) is 4.33. The number of para-hydroxylation sites is 3. The predicted octanol–water partition coefficient (Wildman–Crippen LogP) is 6.07. The number of nitrogens with zero attached hydrogens (tertiary/aromatic N) is 2. The molecule has 1 aromatic heterocycles. The lowest BCUT2D eigenvalue weighted by Gasteiger charge is -2.28. The molecule has 0 saturated heterocycles. The van der Waals surface area contributed by atoms with Crippen molar-refractivity contribution in [3.63, 3.8) is 0 Å². The van der Waals surface area contributed by atoms with Crippen molar-refractivity contribution in [1.29, 1.82) is 0 Å². The summed E-state index contributed by atoms with van der Waals surface area (Å²) in [5, 5.41) is 11.9. The third-order valence-electron chi connectivity index (χ3n) is 6.41. The summed E-state index contributed by atoms with van der Waals surface area (Å²) in [7, 11) is 3.87. The van der Waals surface area contributed by atoms with Crippen LogP contribution in [0.4, 0.5) is 11.4 Å². The van der Waals surface area contributed by atoms with E-state index >= 15 is 0 Å². The molecule has 0 radical (unpaired) electrons. The van der Waals surface area contributed by atoms with Crippen molar-refractivity contribution >= 4 is 34.0 Å². The molecule has 4 aromatic rings. The summed E-state index contributed by atoms with van der Waals surface area (Å²) in [4.78, 5) is 30.8. The molecule has 1 unspecified atom stereocenters. The van der Waals surface area contributed by atoms with Crippen LogP contribution in [0.5, 0.6) is 5.75 Å². The number of aliphatic hydroxyl groups is 1. The van der Waals surface area contributed by atoms with Gasteiger partial charge in [-0.3, -0.25) is 14.5 Å². The summed E-state index contributed by atoms with van der Waals surface area (Å²) in [6.07, 6.45) is 0.789. The number of aliphatic hydroxyl groups excluding tert-OH is 1. The Kier molecular flexibility index (Phi) is 6.44. The first-order chi connectivity index (χ1) is 17.9. The number of fused-ring (bicyclic) bond motifs is 1. The van der Waals surface area contributed by atoms with Gasteiger partial charge in [-0.1, -0.05) is 49.4 Å². The Balaban J connectivity index is 1.65. The van der Waals surface area contributed by atoms with Crippen molar-refractivity contribution in [2.24, 2.45) is 0 Å². The Bertz CT molecular complexity index is 1470. The number of Topliss-reactive ketones (excluding diaryl/α,β-unsaturated/α-hetero) is 1. The minimum absolute atomic E-state index is 0.0352. The molecule has 0 saturated carbocycles. The number of furan rings is 1. The number of hydrogen-bond acceptors (Lipinski definition) is 6. The zero-order valence-electron chi connectivity index (χ0n) is 21.0. The van der Waals surface area contributed by atoms with E-state index in [0.29, 0.717) is 29.2 Å². The standard InChI is InChI=1S/C30H28N2O5/c1-4-17-36-24-12-8-6-10-22(24)32-27(19-13-15-21(16-14-19)31(2)3)26(29(34)30(32)35)28(33)25-18-20-9-5-7-11-23(20)37-25/h5-16,18,27,34H,4,17H2,1-3H3. The Morgan fingerprint density at radius 2 is 1.73 bits per heavy atom. The fraction of sp³-hybridized carbons (Fsp3) is 0.200. The number of hydrogen-bond donors (Lipinski definition) is 1. The van der Waals surface area contributed by atoms with Crippen LogP contribution in [-0.4, -0.2) is 37.5 Å². The Labute approximate surface area is 215 Å². The van der Waals surface area contributed by atoms with Crippen LogP contribution in [0.15, 0.2) is 94.6 Å². The molecule has 7 heteroatoms. The van der Waals surface area contributed by atoms with Crippen LogP contribution < -0.4 is 14.5 Å². The van der Waals surface area contributed by atoms with E-state index < -0.39 is 23.5 Å². The number of rotatable bonds is 8. The molecule has 0 spiro atoms. The number of carbonyl (C=O) groups is 2. The molecule has 1 amide bonds. The molecule has 1 atom stereocenters. The first-order valence-corrected chi connectivity index (χ1v) is 12.2. The summed E-state index contributed by atoms with van der Waals surface area (Å²) in [5.74, 6) is -1.26. The summed E-state index contributed by atoms with van der Waals surface area (Å²) in [5.41, 5.74) is 2.63. The molecule has 5 rings (SSSR count). The molecule has 0 bridgehead atoms. The predicted molar refractivity (Wildman–Crippen MR) is 143 cm³/mol. The first kappa shape index (κ1) is 24.2. The van der Waals surface area contributed by atoms with Crippen molar-refractivity contribution in [2.75, 3.05) is 30.5 Å². The molecule has 37 heavy (non-hydrogen) atoms. The maximum Gasteiger partial charge on any atom is 0.294 e. The Hall–Kier alpha value is -4.52. The van der Waals surface area contributed by atoms with E-state index in [0.717, 1.165) is 17.5 Å².